The molecule has 0 aromatic carbocycles. The molecule has 4 N–H and O–H groups in total. The number of carboxylic acid groups (broad SMARTS) is 2. The maximum absolute atomic E-state index is 12.6. The molecule has 12 heteroatoms. The number of carboxylic acids is 2. The van der Waals surface area contributed by atoms with E-state index in [0.717, 1.165) is 18.9 Å². The van der Waals surface area contributed by atoms with E-state index < -0.39 is 23.8 Å². The maximum atomic E-state index is 12.6. The molecule has 1 amide bonds. The molecular formula is C15H18F3N3O5S. The van der Waals surface area contributed by atoms with E-state index in [4.69, 9.17) is 19.8 Å². The Morgan fingerprint density at radius 2 is 1.85 bits per heavy atom. The van der Waals surface area contributed by atoms with Gasteiger partial charge >= 0.3 is 12.1 Å². The summed E-state index contributed by atoms with van der Waals surface area (Å²) in [6.07, 6.45) is -2.90. The predicted octanol–water partition coefficient (Wildman–Crippen LogP) is -0.754. The molecule has 1 aromatic rings. The number of halogens is 3. The normalized spacial score (nSPS) is 14.9. The average molecular weight is 409 g/mol. The lowest BCUT2D eigenvalue weighted by molar-refractivity contribution is -0.357. The first-order valence-electron chi connectivity index (χ1n) is 7.76. The summed E-state index contributed by atoms with van der Waals surface area (Å²) in [6.45, 7) is 1.50. The van der Waals surface area contributed by atoms with Gasteiger partial charge < -0.3 is 25.6 Å². The van der Waals surface area contributed by atoms with Crippen LogP contribution in [0.5, 0.6) is 0 Å². The number of likely N-dealkylation sites (tertiary alicyclic amines) is 1. The number of carbonyl (C=O) groups is 3. The second-order valence-electron chi connectivity index (χ2n) is 5.40. The highest BCUT2D eigenvalue weighted by Gasteiger charge is 2.33. The highest BCUT2D eigenvalue weighted by Crippen LogP contribution is 2.32. The fourth-order valence-electron chi connectivity index (χ4n) is 2.19. The van der Waals surface area contributed by atoms with Crippen LogP contribution in [0.2, 0.25) is 0 Å². The van der Waals surface area contributed by atoms with Crippen molar-refractivity contribution in [3.63, 3.8) is 0 Å². The fourth-order valence-corrected chi connectivity index (χ4v) is 3.29. The Bertz CT molecular complexity index is 667. The van der Waals surface area contributed by atoms with Gasteiger partial charge in [0.2, 0.25) is 0 Å². The van der Waals surface area contributed by atoms with E-state index in [-0.39, 0.29) is 17.7 Å². The molecule has 27 heavy (non-hydrogen) atoms. The van der Waals surface area contributed by atoms with Gasteiger partial charge in [0.25, 0.3) is 5.91 Å². The number of nitrogens with zero attached hydrogens (tertiary/aromatic N) is 2. The summed E-state index contributed by atoms with van der Waals surface area (Å²) < 4.78 is 37.8. The third-order valence-corrected chi connectivity index (χ3v) is 4.76. The molecule has 150 valence electrons. The van der Waals surface area contributed by atoms with E-state index in [9.17, 15) is 18.0 Å². The quantitative estimate of drug-likeness (QED) is 0.626. The molecule has 0 unspecified atom stereocenters. The predicted molar refractivity (Wildman–Crippen MR) is 85.1 cm³/mol. The molecule has 0 atom stereocenters. The molecule has 1 aliphatic rings. The number of aromatic nitrogens is 1. The number of hydrogen-bond donors (Lipinski definition) is 2. The van der Waals surface area contributed by atoms with Crippen LogP contribution in [-0.2, 0) is 20.6 Å². The Labute approximate surface area is 156 Å². The van der Waals surface area contributed by atoms with E-state index in [2.05, 4.69) is 10.7 Å². The molecule has 2 heterocycles. The summed E-state index contributed by atoms with van der Waals surface area (Å²) in [5.74, 6) is -3.99. The van der Waals surface area contributed by atoms with Crippen molar-refractivity contribution in [2.45, 2.75) is 29.3 Å². The number of rotatable bonds is 3. The Kier molecular flexibility index (Phi) is 8.50. The minimum absolute atomic E-state index is 0.0237. The van der Waals surface area contributed by atoms with Crippen LogP contribution >= 0.6 is 11.8 Å². The molecular weight excluding hydrogens is 391 g/mol. The van der Waals surface area contributed by atoms with E-state index in [1.54, 1.807) is 11.0 Å². The summed E-state index contributed by atoms with van der Waals surface area (Å²) in [5, 5.41) is 16.9. The monoisotopic (exact) mass is 409 g/mol. The van der Waals surface area contributed by atoms with Crippen molar-refractivity contribution >= 4 is 29.6 Å². The summed E-state index contributed by atoms with van der Waals surface area (Å²) in [6, 6.07) is 3.94. The molecule has 1 fully saturated rings. The molecule has 0 spiro atoms. The number of alkyl halides is 3. The highest BCUT2D eigenvalue weighted by atomic mass is 32.2. The van der Waals surface area contributed by atoms with Gasteiger partial charge in [0, 0.05) is 18.3 Å². The fraction of sp³-hybridized carbons (Fsp3) is 0.467. The van der Waals surface area contributed by atoms with Crippen LogP contribution in [0.4, 0.5) is 13.2 Å². The van der Waals surface area contributed by atoms with Crippen LogP contribution in [0, 0.1) is 0 Å². The van der Waals surface area contributed by atoms with Gasteiger partial charge in [-0.3, -0.25) is 4.79 Å². The summed E-state index contributed by atoms with van der Waals surface area (Å²) in [4.78, 5) is 34.9. The van der Waals surface area contributed by atoms with Gasteiger partial charge in [0.1, 0.15) is 5.69 Å². The van der Waals surface area contributed by atoms with E-state index >= 15 is 0 Å². The first-order valence-corrected chi connectivity index (χ1v) is 8.64. The largest absolute Gasteiger partial charge is 0.539 e. The van der Waals surface area contributed by atoms with Gasteiger partial charge in [-0.05, 0) is 25.0 Å². The standard InChI is InChI=1S/C13H16F3N3OS.C2H2O4/c14-13(15,16)10-2-1-3-11(18-10)21-9-4-6-19(7-5-9)12(20)8-17;3-1(4)2(5)6/h1-3,9H,4-8,17H2;(H,3,4)(H,5,6). The molecule has 2 rings (SSSR count). The second kappa shape index (κ2) is 10.1. The van der Waals surface area contributed by atoms with Gasteiger partial charge in [-0.1, -0.05) is 6.07 Å². The maximum Gasteiger partial charge on any atom is 0.433 e. The molecule has 1 aliphatic heterocycles. The van der Waals surface area contributed by atoms with Gasteiger partial charge in [0.05, 0.1) is 5.03 Å². The van der Waals surface area contributed by atoms with Crippen molar-refractivity contribution in [2.75, 3.05) is 19.6 Å². The number of quaternary nitrogens is 1. The molecule has 0 radical (unpaired) electrons. The van der Waals surface area contributed by atoms with Gasteiger partial charge in [-0.25, -0.2) is 9.78 Å². The Morgan fingerprint density at radius 1 is 1.30 bits per heavy atom. The Hall–Kier alpha value is -2.34. The van der Waals surface area contributed by atoms with Crippen LogP contribution in [0.25, 0.3) is 0 Å². The molecule has 0 saturated carbocycles. The van der Waals surface area contributed by atoms with Crippen molar-refractivity contribution in [2.24, 2.45) is 0 Å². The van der Waals surface area contributed by atoms with Crippen LogP contribution < -0.4 is 10.8 Å². The van der Waals surface area contributed by atoms with Crippen molar-refractivity contribution in [3.05, 3.63) is 23.9 Å². The van der Waals surface area contributed by atoms with Crippen molar-refractivity contribution in [1.29, 1.82) is 0 Å². The first kappa shape index (κ1) is 22.7. The lowest BCUT2D eigenvalue weighted by Crippen LogP contribution is -2.58. The number of pyridine rings is 1. The smallest absolute Gasteiger partial charge is 0.433 e. The van der Waals surface area contributed by atoms with Crippen molar-refractivity contribution < 1.29 is 43.5 Å². The lowest BCUT2D eigenvalue weighted by Gasteiger charge is -2.30. The van der Waals surface area contributed by atoms with Gasteiger partial charge in [-0.15, -0.1) is 11.8 Å². The third-order valence-electron chi connectivity index (χ3n) is 3.48. The lowest BCUT2D eigenvalue weighted by atomic mass is 10.1. The van der Waals surface area contributed by atoms with Crippen LogP contribution in [0.15, 0.2) is 23.2 Å². The summed E-state index contributed by atoms with van der Waals surface area (Å²) in [5.41, 5.74) is 2.70. The zero-order valence-corrected chi connectivity index (χ0v) is 14.9. The van der Waals surface area contributed by atoms with Crippen molar-refractivity contribution in [3.8, 4) is 0 Å². The number of thioether (sulfide) groups is 1. The first-order chi connectivity index (χ1) is 12.5. The second-order valence-corrected chi connectivity index (χ2v) is 6.72. The molecule has 0 aliphatic carbocycles. The van der Waals surface area contributed by atoms with Crippen molar-refractivity contribution in [1.82, 2.24) is 9.88 Å². The van der Waals surface area contributed by atoms with E-state index in [1.807, 2.05) is 0 Å². The minimum Gasteiger partial charge on any atom is -0.539 e. The Balaban J connectivity index is 0.000000527. The number of piperidine rings is 1. The Morgan fingerprint density at radius 3 is 2.30 bits per heavy atom. The zero-order valence-electron chi connectivity index (χ0n) is 14.1. The summed E-state index contributed by atoms with van der Waals surface area (Å²) in [7, 11) is 0. The average Bonchev–Trinajstić information content (AvgIpc) is 2.61. The minimum atomic E-state index is -4.42. The number of amides is 1. The number of hydrogen-bond acceptors (Lipinski definition) is 6. The highest BCUT2D eigenvalue weighted by molar-refractivity contribution is 7.99. The van der Waals surface area contributed by atoms with Crippen LogP contribution in [0.1, 0.15) is 18.5 Å². The molecule has 0 bridgehead atoms. The SMILES string of the molecule is O=C([O-])C(=O)O.[NH3+]CC(=O)N1CCC(Sc2cccc(C(F)(F)F)n2)CC1. The van der Waals surface area contributed by atoms with Gasteiger partial charge in [-0.2, -0.15) is 13.2 Å². The van der Waals surface area contributed by atoms with Crippen LogP contribution in [0.3, 0.4) is 0 Å². The van der Waals surface area contributed by atoms with Crippen LogP contribution in [-0.4, -0.2) is 57.7 Å². The number of aliphatic carboxylic acids is 2. The topological polar surface area (TPSA) is 138 Å². The van der Waals surface area contributed by atoms with E-state index in [0.29, 0.717) is 18.1 Å². The number of carbonyl (C=O) groups excluding carboxylic acids is 2. The summed E-state index contributed by atoms with van der Waals surface area (Å²) >= 11 is 1.35. The molecule has 8 nitrogen and oxygen atoms in total. The molecule has 1 aromatic heterocycles. The van der Waals surface area contributed by atoms with Gasteiger partial charge in [0.15, 0.2) is 12.5 Å². The zero-order chi connectivity index (χ0) is 20.6. The van der Waals surface area contributed by atoms with E-state index in [1.165, 1.54) is 17.8 Å². The molecule has 1 saturated heterocycles. The third kappa shape index (κ3) is 7.83.